The van der Waals surface area contributed by atoms with E-state index in [0.29, 0.717) is 5.92 Å². The van der Waals surface area contributed by atoms with Gasteiger partial charge in [-0.15, -0.1) is 0 Å². The lowest BCUT2D eigenvalue weighted by atomic mass is 9.89. The summed E-state index contributed by atoms with van der Waals surface area (Å²) in [5.74, 6) is 0.293. The first-order chi connectivity index (χ1) is 12.9. The van der Waals surface area contributed by atoms with Crippen molar-refractivity contribution in [3.63, 3.8) is 0 Å². The summed E-state index contributed by atoms with van der Waals surface area (Å²) in [6.45, 7) is 0. The second kappa shape index (κ2) is 6.31. The first-order valence-corrected chi connectivity index (χ1v) is 9.14. The summed E-state index contributed by atoms with van der Waals surface area (Å²) < 4.78 is 0. The molecule has 3 aromatic rings. The monoisotopic (exact) mass is 331 g/mol. The Morgan fingerprint density at radius 2 is 1.31 bits per heavy atom. The predicted molar refractivity (Wildman–Crippen MR) is 108 cm³/mol. The standard InChI is InChI=1S/C26H19/c1-2-8-19(9-3-1)14-15-20-16-17-21(18-20)26-24-12-6-4-10-22(24)23-11-5-7-13-25(23)26/h1-13,15-17,26H,14H2. The largest absolute Gasteiger partial charge is 0.0722 e. The van der Waals surface area contributed by atoms with Crippen molar-refractivity contribution in [1.82, 2.24) is 0 Å². The smallest absolute Gasteiger partial charge is 0.0358 e. The van der Waals surface area contributed by atoms with Crippen molar-refractivity contribution in [3.05, 3.63) is 131 Å². The lowest BCUT2D eigenvalue weighted by Crippen LogP contribution is -1.98. The lowest BCUT2D eigenvalue weighted by molar-refractivity contribution is 1.01. The van der Waals surface area contributed by atoms with Crippen LogP contribution in [0.3, 0.4) is 0 Å². The first-order valence-electron chi connectivity index (χ1n) is 9.14. The van der Waals surface area contributed by atoms with Gasteiger partial charge < -0.3 is 0 Å². The van der Waals surface area contributed by atoms with Gasteiger partial charge in [-0.2, -0.15) is 0 Å². The van der Waals surface area contributed by atoms with Crippen molar-refractivity contribution in [1.29, 1.82) is 0 Å². The summed E-state index contributed by atoms with van der Waals surface area (Å²) in [7, 11) is 0. The zero-order chi connectivity index (χ0) is 17.3. The minimum atomic E-state index is 0.293. The Bertz CT molecular complexity index is 1000. The molecule has 2 aliphatic rings. The third kappa shape index (κ3) is 2.55. The van der Waals surface area contributed by atoms with E-state index in [1.807, 2.05) is 0 Å². The van der Waals surface area contributed by atoms with Crippen LogP contribution in [-0.2, 0) is 6.42 Å². The summed E-state index contributed by atoms with van der Waals surface area (Å²) in [6, 6.07) is 28.1. The molecule has 0 unspecified atom stereocenters. The van der Waals surface area contributed by atoms with E-state index in [2.05, 4.69) is 103 Å². The van der Waals surface area contributed by atoms with Gasteiger partial charge in [0.25, 0.3) is 0 Å². The molecular weight excluding hydrogens is 312 g/mol. The minimum Gasteiger partial charge on any atom is -0.0722 e. The summed E-state index contributed by atoms with van der Waals surface area (Å²) >= 11 is 0. The Hall–Kier alpha value is -3.12. The maximum Gasteiger partial charge on any atom is 0.0358 e. The van der Waals surface area contributed by atoms with Gasteiger partial charge in [0, 0.05) is 5.92 Å². The number of hydrogen-bond donors (Lipinski definition) is 0. The normalized spacial score (nSPS) is 16.6. The third-order valence-corrected chi connectivity index (χ3v) is 5.28. The van der Waals surface area contributed by atoms with Gasteiger partial charge in [0.1, 0.15) is 0 Å². The Balaban J connectivity index is 1.50. The van der Waals surface area contributed by atoms with Crippen molar-refractivity contribution >= 4 is 0 Å². The fourth-order valence-electron chi connectivity index (χ4n) is 4.05. The van der Waals surface area contributed by atoms with E-state index in [0.717, 1.165) is 6.42 Å². The van der Waals surface area contributed by atoms with E-state index >= 15 is 0 Å². The van der Waals surface area contributed by atoms with Crippen molar-refractivity contribution < 1.29 is 0 Å². The molecule has 3 aromatic carbocycles. The highest BCUT2D eigenvalue weighted by Crippen LogP contribution is 2.49. The van der Waals surface area contributed by atoms with Crippen molar-refractivity contribution in [3.8, 4) is 11.1 Å². The van der Waals surface area contributed by atoms with E-state index in [-0.39, 0.29) is 0 Å². The lowest BCUT2D eigenvalue weighted by Gasteiger charge is -2.13. The Morgan fingerprint density at radius 1 is 0.692 bits per heavy atom. The van der Waals surface area contributed by atoms with Crippen LogP contribution in [0.15, 0.2) is 108 Å². The highest BCUT2D eigenvalue weighted by molar-refractivity contribution is 5.81. The van der Waals surface area contributed by atoms with Gasteiger partial charge in [-0.05, 0) is 51.5 Å². The zero-order valence-electron chi connectivity index (χ0n) is 14.5. The van der Waals surface area contributed by atoms with Crippen LogP contribution in [0.2, 0.25) is 0 Å². The summed E-state index contributed by atoms with van der Waals surface area (Å²) in [5, 5.41) is 0. The molecule has 1 radical (unpaired) electrons. The second-order valence-electron chi connectivity index (χ2n) is 6.87. The average Bonchev–Trinajstić information content (AvgIpc) is 3.29. The van der Waals surface area contributed by atoms with Crippen LogP contribution in [-0.4, -0.2) is 0 Å². The molecule has 0 amide bonds. The number of rotatable bonds is 3. The van der Waals surface area contributed by atoms with Crippen molar-refractivity contribution in [2.24, 2.45) is 0 Å². The molecule has 0 aliphatic heterocycles. The van der Waals surface area contributed by atoms with Gasteiger partial charge >= 0.3 is 0 Å². The fraction of sp³-hybridized carbons (Fsp3) is 0.0769. The molecule has 0 heteroatoms. The molecule has 0 nitrogen and oxygen atoms in total. The molecule has 0 heterocycles. The van der Waals surface area contributed by atoms with Crippen LogP contribution < -0.4 is 0 Å². The highest BCUT2D eigenvalue weighted by Gasteiger charge is 2.30. The van der Waals surface area contributed by atoms with Crippen LogP contribution in [0.25, 0.3) is 11.1 Å². The maximum atomic E-state index is 3.65. The number of fused-ring (bicyclic) bond motifs is 3. The molecular formula is C26H19. The maximum absolute atomic E-state index is 3.65. The van der Waals surface area contributed by atoms with Crippen LogP contribution >= 0.6 is 0 Å². The quantitative estimate of drug-likeness (QED) is 0.531. The Morgan fingerprint density at radius 3 is 2.00 bits per heavy atom. The molecule has 0 spiro atoms. The number of hydrogen-bond acceptors (Lipinski definition) is 0. The minimum absolute atomic E-state index is 0.293. The SMILES string of the molecule is [C]1=C(C2c3ccccc3-c3ccccc32)C=CC1=CCc1ccccc1. The van der Waals surface area contributed by atoms with E-state index in [1.54, 1.807) is 0 Å². The van der Waals surface area contributed by atoms with Crippen LogP contribution in [0.5, 0.6) is 0 Å². The zero-order valence-corrected chi connectivity index (χ0v) is 14.5. The van der Waals surface area contributed by atoms with Crippen LogP contribution in [0.1, 0.15) is 22.6 Å². The fourth-order valence-corrected chi connectivity index (χ4v) is 4.05. The first kappa shape index (κ1) is 15.2. The van der Waals surface area contributed by atoms with E-state index in [1.165, 1.54) is 39.0 Å². The van der Waals surface area contributed by atoms with Gasteiger partial charge in [-0.25, -0.2) is 0 Å². The Labute approximate surface area is 154 Å². The molecule has 0 saturated heterocycles. The molecule has 2 aliphatic carbocycles. The average molecular weight is 331 g/mol. The summed E-state index contributed by atoms with van der Waals surface area (Å²) in [6.07, 6.45) is 11.3. The molecule has 0 aromatic heterocycles. The van der Waals surface area contributed by atoms with E-state index in [9.17, 15) is 0 Å². The predicted octanol–water partition coefficient (Wildman–Crippen LogP) is 6.27. The molecule has 5 rings (SSSR count). The van der Waals surface area contributed by atoms with Gasteiger partial charge in [0.15, 0.2) is 0 Å². The topological polar surface area (TPSA) is 0 Å². The third-order valence-electron chi connectivity index (χ3n) is 5.28. The second-order valence-corrected chi connectivity index (χ2v) is 6.87. The van der Waals surface area contributed by atoms with Crippen molar-refractivity contribution in [2.45, 2.75) is 12.3 Å². The summed E-state index contributed by atoms with van der Waals surface area (Å²) in [4.78, 5) is 0. The molecule has 0 N–H and O–H groups in total. The van der Waals surface area contributed by atoms with Crippen LogP contribution in [0.4, 0.5) is 0 Å². The number of allylic oxidation sites excluding steroid dienone is 6. The Kier molecular flexibility index (Phi) is 3.68. The summed E-state index contributed by atoms with van der Waals surface area (Å²) in [5.41, 5.74) is 9.29. The van der Waals surface area contributed by atoms with E-state index < -0.39 is 0 Å². The molecule has 26 heavy (non-hydrogen) atoms. The molecule has 0 fully saturated rings. The van der Waals surface area contributed by atoms with Crippen LogP contribution in [0, 0.1) is 6.08 Å². The number of benzene rings is 3. The van der Waals surface area contributed by atoms with Gasteiger partial charge in [0.2, 0.25) is 0 Å². The van der Waals surface area contributed by atoms with Gasteiger partial charge in [-0.3, -0.25) is 0 Å². The molecule has 0 atom stereocenters. The molecule has 0 bridgehead atoms. The highest BCUT2D eigenvalue weighted by atomic mass is 14.3. The van der Waals surface area contributed by atoms with Gasteiger partial charge in [-0.1, -0.05) is 97.1 Å². The molecule has 0 saturated carbocycles. The van der Waals surface area contributed by atoms with E-state index in [4.69, 9.17) is 0 Å². The van der Waals surface area contributed by atoms with Crippen molar-refractivity contribution in [2.75, 3.05) is 0 Å². The van der Waals surface area contributed by atoms with Gasteiger partial charge in [0.05, 0.1) is 0 Å². The molecule has 123 valence electrons.